The lowest BCUT2D eigenvalue weighted by Crippen LogP contribution is -2.41. The highest BCUT2D eigenvalue weighted by atomic mass is 35.5. The number of nitrogens with zero attached hydrogens (tertiary/aromatic N) is 4. The molecule has 24 heavy (non-hydrogen) atoms. The van der Waals surface area contributed by atoms with E-state index in [4.69, 9.17) is 21.9 Å². The minimum absolute atomic E-state index is 0.0399. The average Bonchev–Trinajstić information content (AvgIpc) is 2.57. The van der Waals surface area contributed by atoms with Crippen LogP contribution in [0.5, 0.6) is 0 Å². The van der Waals surface area contributed by atoms with E-state index in [-0.39, 0.29) is 25.2 Å². The number of carbonyl (C=O) groups is 1. The van der Waals surface area contributed by atoms with E-state index in [0.29, 0.717) is 18.1 Å². The van der Waals surface area contributed by atoms with Gasteiger partial charge in [-0.3, -0.25) is 0 Å². The summed E-state index contributed by atoms with van der Waals surface area (Å²) in [6.07, 6.45) is 0.490. The van der Waals surface area contributed by atoms with Crippen molar-refractivity contribution >= 4 is 17.7 Å². The van der Waals surface area contributed by atoms with Crippen molar-refractivity contribution in [3.8, 4) is 0 Å². The number of carboxylic acid groups (broad SMARTS) is 1. The third-order valence-corrected chi connectivity index (χ3v) is 4.49. The van der Waals surface area contributed by atoms with Crippen molar-refractivity contribution in [1.82, 2.24) is 4.90 Å². The third kappa shape index (κ3) is 4.77. The Labute approximate surface area is 145 Å². The lowest BCUT2D eigenvalue weighted by Gasteiger charge is -2.36. The predicted molar refractivity (Wildman–Crippen MR) is 91.2 cm³/mol. The van der Waals surface area contributed by atoms with Gasteiger partial charge in [-0.2, -0.15) is 0 Å². The third-order valence-electron chi connectivity index (χ3n) is 4.26. The molecule has 130 valence electrons. The summed E-state index contributed by atoms with van der Waals surface area (Å²) in [6, 6.07) is 5.62. The molecule has 1 fully saturated rings. The molecule has 1 saturated heterocycles. The van der Waals surface area contributed by atoms with Crippen molar-refractivity contribution < 1.29 is 14.6 Å². The molecule has 0 saturated carbocycles. The Morgan fingerprint density at radius 3 is 3.12 bits per heavy atom. The minimum Gasteiger partial charge on any atom is -0.465 e. The number of likely N-dealkylation sites (tertiary alicyclic amines) is 1. The van der Waals surface area contributed by atoms with Gasteiger partial charge in [0.2, 0.25) is 0 Å². The average molecular weight is 353 g/mol. The molecule has 2 atom stereocenters. The van der Waals surface area contributed by atoms with Crippen LogP contribution in [-0.4, -0.2) is 42.3 Å². The number of amides is 1. The highest BCUT2D eigenvalue weighted by Gasteiger charge is 2.31. The zero-order valence-corrected chi connectivity index (χ0v) is 14.3. The molecule has 1 aliphatic heterocycles. The maximum Gasteiger partial charge on any atom is 0.407 e. The number of piperidine rings is 1. The van der Waals surface area contributed by atoms with Crippen LogP contribution in [0.25, 0.3) is 10.4 Å². The number of halogens is 1. The Balaban J connectivity index is 2.22. The quantitative estimate of drug-likeness (QED) is 0.355. The van der Waals surface area contributed by atoms with Gasteiger partial charge in [0.15, 0.2) is 0 Å². The van der Waals surface area contributed by atoms with Crippen molar-refractivity contribution in [2.45, 2.75) is 25.9 Å². The van der Waals surface area contributed by atoms with Crippen molar-refractivity contribution in [3.05, 3.63) is 44.8 Å². The minimum atomic E-state index is -0.907. The van der Waals surface area contributed by atoms with E-state index in [0.717, 1.165) is 24.0 Å². The van der Waals surface area contributed by atoms with Gasteiger partial charge in [0.05, 0.1) is 12.7 Å². The second-order valence-corrected chi connectivity index (χ2v) is 6.31. The highest BCUT2D eigenvalue weighted by molar-refractivity contribution is 6.30. The van der Waals surface area contributed by atoms with E-state index in [1.165, 1.54) is 4.90 Å². The molecule has 2 rings (SSSR count). The van der Waals surface area contributed by atoms with Crippen LogP contribution in [-0.2, 0) is 4.74 Å². The van der Waals surface area contributed by atoms with E-state index in [9.17, 15) is 9.90 Å². The van der Waals surface area contributed by atoms with Crippen molar-refractivity contribution in [2.75, 3.05) is 26.2 Å². The molecule has 7 nitrogen and oxygen atoms in total. The van der Waals surface area contributed by atoms with Gasteiger partial charge in [-0.05, 0) is 48.6 Å². The molecule has 1 aromatic rings. The summed E-state index contributed by atoms with van der Waals surface area (Å²) >= 11 is 6.14. The summed E-state index contributed by atoms with van der Waals surface area (Å²) in [5.74, 6) is 0.0399. The van der Waals surface area contributed by atoms with Crippen LogP contribution in [0.15, 0.2) is 23.3 Å². The van der Waals surface area contributed by atoms with E-state index < -0.39 is 6.09 Å². The van der Waals surface area contributed by atoms with Gasteiger partial charge in [0.1, 0.15) is 0 Å². The smallest absolute Gasteiger partial charge is 0.407 e. The van der Waals surface area contributed by atoms with Crippen LogP contribution in [0.1, 0.15) is 30.1 Å². The first kappa shape index (κ1) is 18.4. The molecule has 0 unspecified atom stereocenters. The number of hydrogen-bond acceptors (Lipinski definition) is 3. The fourth-order valence-corrected chi connectivity index (χ4v) is 3.27. The second kappa shape index (κ2) is 8.78. The molecule has 1 amide bonds. The summed E-state index contributed by atoms with van der Waals surface area (Å²) in [6.45, 7) is 3.47. The molecule has 1 aliphatic rings. The van der Waals surface area contributed by atoms with Gasteiger partial charge >= 0.3 is 6.09 Å². The van der Waals surface area contributed by atoms with Crippen molar-refractivity contribution in [3.63, 3.8) is 0 Å². The van der Waals surface area contributed by atoms with E-state index in [1.54, 1.807) is 0 Å². The molecule has 8 heteroatoms. The van der Waals surface area contributed by atoms with Gasteiger partial charge in [-0.1, -0.05) is 22.8 Å². The highest BCUT2D eigenvalue weighted by Crippen LogP contribution is 2.35. The Hall–Kier alpha value is -1.95. The maximum absolute atomic E-state index is 11.3. The molecule has 1 aromatic carbocycles. The van der Waals surface area contributed by atoms with Gasteiger partial charge in [0, 0.05) is 35.5 Å². The van der Waals surface area contributed by atoms with Gasteiger partial charge in [0.25, 0.3) is 0 Å². The normalized spacial score (nSPS) is 18.8. The van der Waals surface area contributed by atoms with Crippen LogP contribution < -0.4 is 0 Å². The van der Waals surface area contributed by atoms with E-state index >= 15 is 0 Å². The topological polar surface area (TPSA) is 98.5 Å². The van der Waals surface area contributed by atoms with E-state index in [2.05, 4.69) is 10.0 Å². The Morgan fingerprint density at radius 1 is 1.62 bits per heavy atom. The Kier molecular flexibility index (Phi) is 6.73. The number of hydrogen-bond donors (Lipinski definition) is 1. The number of ether oxygens (including phenoxy) is 1. The fourth-order valence-electron chi connectivity index (χ4n) is 3.09. The Morgan fingerprint density at radius 2 is 2.42 bits per heavy atom. The zero-order chi connectivity index (χ0) is 17.5. The summed E-state index contributed by atoms with van der Waals surface area (Å²) in [5, 5.41) is 13.4. The van der Waals surface area contributed by atoms with Crippen LogP contribution in [0.4, 0.5) is 4.79 Å². The lowest BCUT2D eigenvalue weighted by molar-refractivity contribution is -0.0100. The molecule has 0 radical (unpaired) electrons. The molecular formula is C16H21ClN4O3. The molecule has 1 heterocycles. The first-order valence-electron chi connectivity index (χ1n) is 7.89. The SMILES string of the molecule is Cc1ccc(Cl)cc1[C@H](OCCN=[N+]=[N-])[C@@H]1CCCN(C(=O)O)C1. The number of rotatable bonds is 6. The molecule has 1 N–H and O–H groups in total. The first-order valence-corrected chi connectivity index (χ1v) is 8.27. The summed E-state index contributed by atoms with van der Waals surface area (Å²) in [5.41, 5.74) is 10.4. The first-order chi connectivity index (χ1) is 11.5. The number of azide groups is 1. The lowest BCUT2D eigenvalue weighted by atomic mass is 9.87. The van der Waals surface area contributed by atoms with Gasteiger partial charge < -0.3 is 14.7 Å². The Bertz CT molecular complexity index is 634. The van der Waals surface area contributed by atoms with Gasteiger partial charge in [-0.15, -0.1) is 0 Å². The number of aryl methyl sites for hydroxylation is 1. The maximum atomic E-state index is 11.3. The molecule has 0 bridgehead atoms. The van der Waals surface area contributed by atoms with Gasteiger partial charge in [-0.25, -0.2) is 4.79 Å². The largest absolute Gasteiger partial charge is 0.465 e. The van der Waals surface area contributed by atoms with Crippen molar-refractivity contribution in [2.24, 2.45) is 11.0 Å². The second-order valence-electron chi connectivity index (χ2n) is 5.88. The monoisotopic (exact) mass is 352 g/mol. The van der Waals surface area contributed by atoms with Crippen LogP contribution in [0, 0.1) is 12.8 Å². The van der Waals surface area contributed by atoms with Crippen LogP contribution in [0.3, 0.4) is 0 Å². The standard InChI is InChI=1S/C16H21ClN4O3/c1-11-4-5-13(17)9-14(11)15(24-8-6-19-20-18)12-3-2-7-21(10-12)16(22)23/h4-5,9,12,15H,2-3,6-8,10H2,1H3,(H,22,23)/t12-,15-/m1/s1. The molecule has 0 aromatic heterocycles. The zero-order valence-electron chi connectivity index (χ0n) is 13.6. The predicted octanol–water partition coefficient (Wildman–Crippen LogP) is 4.41. The fraction of sp³-hybridized carbons (Fsp3) is 0.562. The molecular weight excluding hydrogens is 332 g/mol. The summed E-state index contributed by atoms with van der Waals surface area (Å²) in [4.78, 5) is 15.4. The van der Waals surface area contributed by atoms with E-state index in [1.807, 2.05) is 25.1 Å². The number of benzene rings is 1. The van der Waals surface area contributed by atoms with Crippen molar-refractivity contribution in [1.29, 1.82) is 0 Å². The summed E-state index contributed by atoms with van der Waals surface area (Å²) in [7, 11) is 0. The van der Waals surface area contributed by atoms with Crippen LogP contribution in [0.2, 0.25) is 5.02 Å². The molecule has 0 spiro atoms. The van der Waals surface area contributed by atoms with Crippen LogP contribution >= 0.6 is 11.6 Å². The summed E-state index contributed by atoms with van der Waals surface area (Å²) < 4.78 is 5.99. The molecule has 0 aliphatic carbocycles.